The van der Waals surface area contributed by atoms with Gasteiger partial charge in [0.15, 0.2) is 0 Å². The summed E-state index contributed by atoms with van der Waals surface area (Å²) in [7, 11) is 2.15. The number of ether oxygens (including phenoxy) is 1. The third-order valence-corrected chi connectivity index (χ3v) is 6.38. The van der Waals surface area contributed by atoms with E-state index in [-0.39, 0.29) is 11.5 Å². The van der Waals surface area contributed by atoms with Crippen molar-refractivity contribution in [3.8, 4) is 0 Å². The number of hydrogen-bond donors (Lipinski definition) is 1. The van der Waals surface area contributed by atoms with E-state index in [1.807, 2.05) is 53.7 Å². The molecule has 1 N–H and O–H groups in total. The monoisotopic (exact) mass is 404 g/mol. The maximum absolute atomic E-state index is 12.8. The summed E-state index contributed by atoms with van der Waals surface area (Å²) in [5.41, 5.74) is 2.76. The summed E-state index contributed by atoms with van der Waals surface area (Å²) in [6.07, 6.45) is 5.90. The van der Waals surface area contributed by atoms with E-state index >= 15 is 0 Å². The minimum absolute atomic E-state index is 0.0683. The Morgan fingerprint density at radius 2 is 2.17 bits per heavy atom. The third kappa shape index (κ3) is 3.85. The van der Waals surface area contributed by atoms with E-state index in [1.165, 1.54) is 5.56 Å². The highest BCUT2D eigenvalue weighted by atomic mass is 16.5. The van der Waals surface area contributed by atoms with Crippen molar-refractivity contribution in [1.82, 2.24) is 19.8 Å². The zero-order valence-electron chi connectivity index (χ0n) is 17.4. The lowest BCUT2D eigenvalue weighted by molar-refractivity contribution is -0.168. The first kappa shape index (κ1) is 19.3. The van der Waals surface area contributed by atoms with Gasteiger partial charge < -0.3 is 19.5 Å². The zero-order chi connectivity index (χ0) is 20.6. The molecule has 2 fully saturated rings. The Balaban J connectivity index is 1.11. The van der Waals surface area contributed by atoms with Gasteiger partial charge in [0.1, 0.15) is 11.3 Å². The molecule has 0 unspecified atom stereocenters. The van der Waals surface area contributed by atoms with Crippen molar-refractivity contribution in [3.63, 3.8) is 0 Å². The first-order chi connectivity index (χ1) is 14.6. The summed E-state index contributed by atoms with van der Waals surface area (Å²) in [4.78, 5) is 24.5. The summed E-state index contributed by atoms with van der Waals surface area (Å²) in [6, 6.07) is 14.0. The number of nitrogens with zero attached hydrogens (tertiary/aromatic N) is 3. The molecule has 4 heterocycles. The molecule has 2 saturated heterocycles. The number of carbonyl (C=O) groups is 1. The van der Waals surface area contributed by atoms with Gasteiger partial charge in [-0.1, -0.05) is 24.3 Å². The molecule has 0 aliphatic carbocycles. The van der Waals surface area contributed by atoms with Crippen LogP contribution in [0.2, 0.25) is 0 Å². The average Bonchev–Trinajstić information content (AvgIpc) is 3.17. The molecule has 1 aromatic carbocycles. The summed E-state index contributed by atoms with van der Waals surface area (Å²) in [5, 5.41) is 1.07. The lowest BCUT2D eigenvalue weighted by Gasteiger charge is -2.52. The average molecular weight is 405 g/mol. The molecule has 2 aliphatic rings. The molecule has 1 atom stereocenters. The second-order valence-electron chi connectivity index (χ2n) is 8.89. The molecule has 0 bridgehead atoms. The first-order valence-corrected chi connectivity index (χ1v) is 10.7. The van der Waals surface area contributed by atoms with Crippen LogP contribution in [0, 0.1) is 5.92 Å². The predicted molar refractivity (Wildman–Crippen MR) is 116 cm³/mol. The minimum Gasteiger partial charge on any atom is -0.371 e. The van der Waals surface area contributed by atoms with Crippen LogP contribution in [-0.4, -0.2) is 64.6 Å². The fraction of sp³-hybridized carbons (Fsp3) is 0.417. The van der Waals surface area contributed by atoms with Crippen LogP contribution in [0.4, 0.5) is 0 Å². The van der Waals surface area contributed by atoms with E-state index in [1.54, 1.807) is 0 Å². The standard InChI is InChI=1S/C24H28N4O2/c1-27(13-18-5-4-10-25-12-18)14-19-8-9-24(30-15-19)16-28(17-24)23(29)22-11-20-6-2-3-7-21(20)26-22/h2-7,10-12,19,26H,8-9,13-17H2,1H3/t19-/m0/s1. The molecule has 0 saturated carbocycles. The normalized spacial score (nSPS) is 20.6. The quantitative estimate of drug-likeness (QED) is 0.709. The number of likely N-dealkylation sites (tertiary alicyclic amines) is 1. The second-order valence-corrected chi connectivity index (χ2v) is 8.89. The molecule has 6 nitrogen and oxygen atoms in total. The number of fused-ring (bicyclic) bond motifs is 1. The lowest BCUT2D eigenvalue weighted by Crippen LogP contribution is -2.66. The van der Waals surface area contributed by atoms with E-state index in [2.05, 4.69) is 28.0 Å². The summed E-state index contributed by atoms with van der Waals surface area (Å²) in [5.74, 6) is 0.606. The first-order valence-electron chi connectivity index (χ1n) is 10.7. The van der Waals surface area contributed by atoms with Gasteiger partial charge in [0.25, 0.3) is 5.91 Å². The van der Waals surface area contributed by atoms with Crippen molar-refractivity contribution in [1.29, 1.82) is 0 Å². The molecule has 156 valence electrons. The van der Waals surface area contributed by atoms with E-state index < -0.39 is 0 Å². The molecule has 1 amide bonds. The summed E-state index contributed by atoms with van der Waals surface area (Å²) >= 11 is 0. The number of hydrogen-bond acceptors (Lipinski definition) is 4. The topological polar surface area (TPSA) is 61.5 Å². The number of carbonyl (C=O) groups excluding carboxylic acids is 1. The summed E-state index contributed by atoms with van der Waals surface area (Å²) in [6.45, 7) is 4.08. The zero-order valence-corrected chi connectivity index (χ0v) is 17.4. The van der Waals surface area contributed by atoms with Crippen LogP contribution in [0.3, 0.4) is 0 Å². The highest BCUT2D eigenvalue weighted by Gasteiger charge is 2.48. The largest absolute Gasteiger partial charge is 0.371 e. The number of H-pyrrole nitrogens is 1. The van der Waals surface area contributed by atoms with Crippen LogP contribution in [-0.2, 0) is 11.3 Å². The van der Waals surface area contributed by atoms with E-state index in [0.29, 0.717) is 24.7 Å². The molecule has 0 radical (unpaired) electrons. The number of aromatic amines is 1. The van der Waals surface area contributed by atoms with Gasteiger partial charge in [-0.3, -0.25) is 9.78 Å². The Labute approximate surface area is 176 Å². The molecular formula is C24H28N4O2. The maximum atomic E-state index is 12.8. The van der Waals surface area contributed by atoms with Crippen LogP contribution >= 0.6 is 0 Å². The fourth-order valence-electron chi connectivity index (χ4n) is 4.77. The minimum atomic E-state index is -0.139. The van der Waals surface area contributed by atoms with Crippen molar-refractivity contribution in [2.75, 3.05) is 33.3 Å². The molecule has 1 spiro atoms. The number of pyridine rings is 1. The van der Waals surface area contributed by atoms with Crippen LogP contribution in [0.25, 0.3) is 10.9 Å². The SMILES string of the molecule is CN(Cc1cccnc1)C[C@@H]1CCC2(CN(C(=O)c3cc4ccccc4[nH]3)C2)OC1. The highest BCUT2D eigenvalue weighted by molar-refractivity contribution is 5.98. The Morgan fingerprint density at radius 3 is 2.90 bits per heavy atom. The number of nitrogens with one attached hydrogen (secondary N) is 1. The molecule has 2 aromatic heterocycles. The molecule has 3 aromatic rings. The van der Waals surface area contributed by atoms with Gasteiger partial charge in [-0.05, 0) is 49.6 Å². The fourth-order valence-corrected chi connectivity index (χ4v) is 4.77. The van der Waals surface area contributed by atoms with Gasteiger partial charge in [0.2, 0.25) is 0 Å². The molecular weight excluding hydrogens is 376 g/mol. The smallest absolute Gasteiger partial charge is 0.270 e. The van der Waals surface area contributed by atoms with E-state index in [4.69, 9.17) is 4.74 Å². The van der Waals surface area contributed by atoms with Gasteiger partial charge in [-0.2, -0.15) is 0 Å². The third-order valence-electron chi connectivity index (χ3n) is 6.38. The number of aromatic nitrogens is 2. The summed E-state index contributed by atoms with van der Waals surface area (Å²) < 4.78 is 6.30. The number of para-hydroxylation sites is 1. The van der Waals surface area contributed by atoms with Gasteiger partial charge in [0, 0.05) is 36.4 Å². The van der Waals surface area contributed by atoms with Crippen molar-refractivity contribution >= 4 is 16.8 Å². The number of rotatable bonds is 5. The number of amides is 1. The van der Waals surface area contributed by atoms with Crippen LogP contribution in [0.1, 0.15) is 28.9 Å². The van der Waals surface area contributed by atoms with Gasteiger partial charge in [0.05, 0.1) is 19.7 Å². The van der Waals surface area contributed by atoms with Crippen molar-refractivity contribution < 1.29 is 9.53 Å². The molecule has 5 rings (SSSR count). The van der Waals surface area contributed by atoms with E-state index in [9.17, 15) is 4.79 Å². The van der Waals surface area contributed by atoms with Crippen molar-refractivity contribution in [2.45, 2.75) is 25.0 Å². The van der Waals surface area contributed by atoms with Gasteiger partial charge in [-0.25, -0.2) is 0 Å². The number of benzene rings is 1. The second kappa shape index (κ2) is 7.85. The van der Waals surface area contributed by atoms with Gasteiger partial charge in [-0.15, -0.1) is 0 Å². The van der Waals surface area contributed by atoms with Crippen LogP contribution < -0.4 is 0 Å². The molecule has 6 heteroatoms. The maximum Gasteiger partial charge on any atom is 0.270 e. The van der Waals surface area contributed by atoms with Gasteiger partial charge >= 0.3 is 0 Å². The predicted octanol–water partition coefficient (Wildman–Crippen LogP) is 3.32. The van der Waals surface area contributed by atoms with Crippen LogP contribution in [0.5, 0.6) is 0 Å². The van der Waals surface area contributed by atoms with E-state index in [0.717, 1.165) is 43.4 Å². The molecule has 2 aliphatic heterocycles. The molecule has 30 heavy (non-hydrogen) atoms. The van der Waals surface area contributed by atoms with Crippen molar-refractivity contribution in [2.24, 2.45) is 5.92 Å². The lowest BCUT2D eigenvalue weighted by atomic mass is 9.82. The highest BCUT2D eigenvalue weighted by Crippen LogP contribution is 2.37. The van der Waals surface area contributed by atoms with Crippen molar-refractivity contribution in [3.05, 3.63) is 66.1 Å². The van der Waals surface area contributed by atoms with Crippen LogP contribution in [0.15, 0.2) is 54.9 Å². The Hall–Kier alpha value is -2.70. The Kier molecular flexibility index (Phi) is 5.05. The Bertz CT molecular complexity index is 983. The Morgan fingerprint density at radius 1 is 1.30 bits per heavy atom.